The van der Waals surface area contributed by atoms with Crippen LogP contribution in [0.5, 0.6) is 0 Å². The summed E-state index contributed by atoms with van der Waals surface area (Å²) >= 11 is 0. The number of nitrogens with zero attached hydrogens (tertiary/aromatic N) is 4. The van der Waals surface area contributed by atoms with Gasteiger partial charge in [-0.3, -0.25) is 0 Å². The van der Waals surface area contributed by atoms with Gasteiger partial charge in [0.25, 0.3) is 0 Å². The molecule has 25 heavy (non-hydrogen) atoms. The van der Waals surface area contributed by atoms with Crippen molar-refractivity contribution in [1.82, 2.24) is 15.1 Å². The highest BCUT2D eigenvalue weighted by Crippen LogP contribution is 2.17. The van der Waals surface area contributed by atoms with Crippen LogP contribution < -0.4 is 15.5 Å². The first-order chi connectivity index (χ1) is 12.2. The maximum absolute atomic E-state index is 12.4. The Morgan fingerprint density at radius 2 is 1.84 bits per heavy atom. The zero-order valence-corrected chi connectivity index (χ0v) is 14.7. The molecule has 2 amide bonds. The Kier molecular flexibility index (Phi) is 5.33. The van der Waals surface area contributed by atoms with Gasteiger partial charge < -0.3 is 20.4 Å². The molecular formula is C18H24N6O. The molecule has 2 aromatic rings. The fraction of sp³-hybridized carbons (Fsp3) is 0.389. The molecule has 7 nitrogen and oxygen atoms in total. The van der Waals surface area contributed by atoms with Crippen molar-refractivity contribution in [2.24, 2.45) is 0 Å². The molecule has 1 aromatic heterocycles. The molecule has 0 unspecified atom stereocenters. The average Bonchev–Trinajstić information content (AvgIpc) is 2.65. The molecule has 0 atom stereocenters. The normalized spacial score (nSPS) is 14.3. The number of amides is 2. The number of para-hydroxylation sites is 1. The second kappa shape index (κ2) is 7.83. The number of carbonyl (C=O) groups excluding carboxylic acids is 1. The van der Waals surface area contributed by atoms with Gasteiger partial charge in [-0.25, -0.2) is 4.79 Å². The van der Waals surface area contributed by atoms with Crippen LogP contribution in [0.3, 0.4) is 0 Å². The lowest BCUT2D eigenvalue weighted by Gasteiger charge is -2.35. The number of aryl methyl sites for hydroxylation is 1. The monoisotopic (exact) mass is 340 g/mol. The minimum atomic E-state index is -0.0532. The maximum Gasteiger partial charge on any atom is 0.321 e. The Labute approximate surface area is 148 Å². The van der Waals surface area contributed by atoms with Crippen LogP contribution in [0, 0.1) is 6.92 Å². The lowest BCUT2D eigenvalue weighted by atomic mass is 10.2. The summed E-state index contributed by atoms with van der Waals surface area (Å²) in [6.07, 6.45) is 0. The van der Waals surface area contributed by atoms with E-state index < -0.39 is 0 Å². The Morgan fingerprint density at radius 3 is 2.48 bits per heavy atom. The summed E-state index contributed by atoms with van der Waals surface area (Å²) in [5.74, 6) is 1.63. The number of piperazine rings is 1. The number of carbonyl (C=O) groups is 1. The molecular weight excluding hydrogens is 316 g/mol. The highest BCUT2D eigenvalue weighted by Gasteiger charge is 2.22. The SMILES string of the molecule is CCNc1ccc(N2CCN(C(=O)Nc3ccccc3C)CC2)nn1. The van der Waals surface area contributed by atoms with Crippen LogP contribution in [0.1, 0.15) is 12.5 Å². The molecule has 2 N–H and O–H groups in total. The first kappa shape index (κ1) is 17.0. The van der Waals surface area contributed by atoms with Gasteiger partial charge in [-0.2, -0.15) is 0 Å². The molecule has 1 aliphatic rings. The fourth-order valence-corrected chi connectivity index (χ4v) is 2.82. The van der Waals surface area contributed by atoms with Crippen LogP contribution in [0.4, 0.5) is 22.1 Å². The van der Waals surface area contributed by atoms with Crippen LogP contribution >= 0.6 is 0 Å². The van der Waals surface area contributed by atoms with Gasteiger partial charge in [0.15, 0.2) is 5.82 Å². The maximum atomic E-state index is 12.4. The average molecular weight is 340 g/mol. The van der Waals surface area contributed by atoms with E-state index in [1.807, 2.05) is 55.1 Å². The first-order valence-corrected chi connectivity index (χ1v) is 8.61. The van der Waals surface area contributed by atoms with Crippen molar-refractivity contribution in [1.29, 1.82) is 0 Å². The van der Waals surface area contributed by atoms with Gasteiger partial charge in [-0.1, -0.05) is 18.2 Å². The Hall–Kier alpha value is -2.83. The van der Waals surface area contributed by atoms with E-state index in [9.17, 15) is 4.79 Å². The first-order valence-electron chi connectivity index (χ1n) is 8.61. The highest BCUT2D eigenvalue weighted by atomic mass is 16.2. The quantitative estimate of drug-likeness (QED) is 0.895. The minimum Gasteiger partial charge on any atom is -0.369 e. The standard InChI is InChI=1S/C18H24N6O/c1-3-19-16-8-9-17(22-21-16)23-10-12-24(13-11-23)18(25)20-15-7-5-4-6-14(15)2/h4-9H,3,10-13H2,1-2H3,(H,19,21)(H,20,25). The number of aromatic nitrogens is 2. The van der Waals surface area contributed by atoms with Gasteiger partial charge >= 0.3 is 6.03 Å². The van der Waals surface area contributed by atoms with Crippen LogP contribution in [0.25, 0.3) is 0 Å². The molecule has 1 saturated heterocycles. The second-order valence-corrected chi connectivity index (χ2v) is 6.03. The Balaban J connectivity index is 1.54. The molecule has 0 saturated carbocycles. The van der Waals surface area contributed by atoms with Gasteiger partial charge in [0.1, 0.15) is 5.82 Å². The molecule has 2 heterocycles. The van der Waals surface area contributed by atoms with E-state index in [1.165, 1.54) is 0 Å². The van der Waals surface area contributed by atoms with Crippen molar-refractivity contribution >= 4 is 23.4 Å². The zero-order valence-electron chi connectivity index (χ0n) is 14.7. The molecule has 0 bridgehead atoms. The van der Waals surface area contributed by atoms with Crippen molar-refractivity contribution in [3.05, 3.63) is 42.0 Å². The lowest BCUT2D eigenvalue weighted by molar-refractivity contribution is 0.208. The fourth-order valence-electron chi connectivity index (χ4n) is 2.82. The number of urea groups is 1. The summed E-state index contributed by atoms with van der Waals surface area (Å²) in [6.45, 7) is 7.65. The van der Waals surface area contributed by atoms with Crippen LogP contribution in [-0.2, 0) is 0 Å². The minimum absolute atomic E-state index is 0.0532. The third-order valence-corrected chi connectivity index (χ3v) is 4.29. The summed E-state index contributed by atoms with van der Waals surface area (Å²) in [5, 5.41) is 14.6. The Morgan fingerprint density at radius 1 is 1.08 bits per heavy atom. The highest BCUT2D eigenvalue weighted by molar-refractivity contribution is 5.90. The third-order valence-electron chi connectivity index (χ3n) is 4.29. The van der Waals surface area contributed by atoms with Crippen molar-refractivity contribution in [3.63, 3.8) is 0 Å². The van der Waals surface area contributed by atoms with Crippen molar-refractivity contribution in [3.8, 4) is 0 Å². The number of hydrogen-bond acceptors (Lipinski definition) is 5. The molecule has 1 fully saturated rings. The predicted octanol–water partition coefficient (Wildman–Crippen LogP) is 2.57. The van der Waals surface area contributed by atoms with Gasteiger partial charge in [-0.15, -0.1) is 10.2 Å². The molecule has 0 aliphatic carbocycles. The van der Waals surface area contributed by atoms with Crippen molar-refractivity contribution < 1.29 is 4.79 Å². The Bertz CT molecular complexity index is 710. The second-order valence-electron chi connectivity index (χ2n) is 6.03. The number of nitrogens with one attached hydrogen (secondary N) is 2. The zero-order chi connectivity index (χ0) is 17.6. The van der Waals surface area contributed by atoms with Crippen LogP contribution in [-0.4, -0.2) is 53.9 Å². The summed E-state index contributed by atoms with van der Waals surface area (Å²) in [7, 11) is 0. The summed E-state index contributed by atoms with van der Waals surface area (Å²) in [5.41, 5.74) is 1.92. The third kappa shape index (κ3) is 4.17. The molecule has 0 spiro atoms. The number of benzene rings is 1. The van der Waals surface area contributed by atoms with Gasteiger partial charge in [0.2, 0.25) is 0 Å². The predicted molar refractivity (Wildman–Crippen MR) is 100 cm³/mol. The summed E-state index contributed by atoms with van der Waals surface area (Å²) in [6, 6.07) is 11.6. The summed E-state index contributed by atoms with van der Waals surface area (Å²) < 4.78 is 0. The number of rotatable bonds is 4. The molecule has 1 aromatic carbocycles. The van der Waals surface area contributed by atoms with E-state index in [4.69, 9.17) is 0 Å². The number of hydrogen-bond donors (Lipinski definition) is 2. The molecule has 1 aliphatic heterocycles. The number of anilines is 3. The van der Waals surface area contributed by atoms with Gasteiger partial charge in [0.05, 0.1) is 0 Å². The van der Waals surface area contributed by atoms with E-state index in [1.54, 1.807) is 0 Å². The van der Waals surface area contributed by atoms with E-state index in [0.717, 1.165) is 42.5 Å². The van der Waals surface area contributed by atoms with Gasteiger partial charge in [-0.05, 0) is 37.6 Å². The summed E-state index contributed by atoms with van der Waals surface area (Å²) in [4.78, 5) is 16.4. The van der Waals surface area contributed by atoms with E-state index >= 15 is 0 Å². The van der Waals surface area contributed by atoms with Crippen molar-refractivity contribution in [2.75, 3.05) is 48.3 Å². The lowest BCUT2D eigenvalue weighted by Crippen LogP contribution is -2.50. The topological polar surface area (TPSA) is 73.4 Å². The molecule has 7 heteroatoms. The molecule has 3 rings (SSSR count). The smallest absolute Gasteiger partial charge is 0.321 e. The van der Waals surface area contributed by atoms with Crippen LogP contribution in [0.2, 0.25) is 0 Å². The van der Waals surface area contributed by atoms with E-state index in [0.29, 0.717) is 13.1 Å². The van der Waals surface area contributed by atoms with E-state index in [-0.39, 0.29) is 6.03 Å². The van der Waals surface area contributed by atoms with E-state index in [2.05, 4.69) is 25.7 Å². The van der Waals surface area contributed by atoms with Crippen LogP contribution in [0.15, 0.2) is 36.4 Å². The van der Waals surface area contributed by atoms with Crippen molar-refractivity contribution in [2.45, 2.75) is 13.8 Å². The molecule has 0 radical (unpaired) electrons. The molecule has 132 valence electrons. The van der Waals surface area contributed by atoms with Gasteiger partial charge in [0, 0.05) is 38.4 Å². The largest absolute Gasteiger partial charge is 0.369 e.